The number of carbonyl (C=O) groups excluding carboxylic acids is 1. The van der Waals surface area contributed by atoms with Crippen LogP contribution in [0.2, 0.25) is 0 Å². The molecule has 0 heterocycles. The maximum Gasteiger partial charge on any atom is 0.339 e. The normalized spacial score (nSPS) is 11.4. The molecule has 1 atom stereocenters. The Kier molecular flexibility index (Phi) is 5.78. The van der Waals surface area contributed by atoms with E-state index >= 15 is 0 Å². The molecule has 0 aliphatic heterocycles. The molecule has 0 fully saturated rings. The molecule has 2 aromatic rings. The molecular formula is C18H19NO5. The number of methoxy groups -OCH3 is 1. The van der Waals surface area contributed by atoms with Crippen LogP contribution in [0.4, 0.5) is 0 Å². The Balaban J connectivity index is 1.96. The molecule has 0 saturated heterocycles. The Labute approximate surface area is 140 Å². The van der Waals surface area contributed by atoms with Gasteiger partial charge in [0.1, 0.15) is 17.1 Å². The van der Waals surface area contributed by atoms with Crippen LogP contribution in [0.15, 0.2) is 48.5 Å². The topological polar surface area (TPSA) is 84.9 Å². The Morgan fingerprint density at radius 3 is 2.50 bits per heavy atom. The van der Waals surface area contributed by atoms with E-state index in [4.69, 9.17) is 14.6 Å². The minimum absolute atomic E-state index is 0.0535. The quantitative estimate of drug-likeness (QED) is 0.815. The van der Waals surface area contributed by atoms with Crippen molar-refractivity contribution in [1.29, 1.82) is 0 Å². The van der Waals surface area contributed by atoms with Gasteiger partial charge in [0.05, 0.1) is 7.11 Å². The van der Waals surface area contributed by atoms with Gasteiger partial charge in [-0.15, -0.1) is 0 Å². The monoisotopic (exact) mass is 329 g/mol. The summed E-state index contributed by atoms with van der Waals surface area (Å²) in [6.07, 6.45) is -0.662. The lowest BCUT2D eigenvalue weighted by molar-refractivity contribution is -0.127. The zero-order chi connectivity index (χ0) is 17.5. The number of hydrogen-bond donors (Lipinski definition) is 2. The van der Waals surface area contributed by atoms with Crippen molar-refractivity contribution in [2.75, 3.05) is 7.11 Å². The number of carbonyl (C=O) groups is 2. The van der Waals surface area contributed by atoms with Gasteiger partial charge in [-0.2, -0.15) is 0 Å². The van der Waals surface area contributed by atoms with Crippen LogP contribution in [0.5, 0.6) is 11.5 Å². The number of carboxylic acids is 1. The minimum Gasteiger partial charge on any atom is -0.496 e. The molecule has 2 N–H and O–H groups in total. The van der Waals surface area contributed by atoms with E-state index in [2.05, 4.69) is 5.32 Å². The highest BCUT2D eigenvalue weighted by Gasteiger charge is 2.15. The smallest absolute Gasteiger partial charge is 0.339 e. The Hall–Kier alpha value is -3.02. The standard InChI is InChI=1S/C18H19NO5/c1-12(24-14-6-4-3-5-7-14)17(20)19-11-13-8-9-16(23-2)15(10-13)18(21)22/h3-10,12H,11H2,1-2H3,(H,19,20)(H,21,22). The number of nitrogens with one attached hydrogen (secondary N) is 1. The fraction of sp³-hybridized carbons (Fsp3) is 0.222. The molecule has 0 radical (unpaired) electrons. The minimum atomic E-state index is -1.08. The first-order chi connectivity index (χ1) is 11.5. The van der Waals surface area contributed by atoms with E-state index in [9.17, 15) is 9.59 Å². The van der Waals surface area contributed by atoms with Crippen molar-refractivity contribution in [2.45, 2.75) is 19.6 Å². The SMILES string of the molecule is COc1ccc(CNC(=O)C(C)Oc2ccccc2)cc1C(=O)O. The average Bonchev–Trinajstić information content (AvgIpc) is 2.60. The van der Waals surface area contributed by atoms with E-state index in [1.54, 1.807) is 31.2 Å². The highest BCUT2D eigenvalue weighted by atomic mass is 16.5. The van der Waals surface area contributed by atoms with Crippen molar-refractivity contribution < 1.29 is 24.2 Å². The van der Waals surface area contributed by atoms with Crippen LogP contribution in [-0.4, -0.2) is 30.2 Å². The summed E-state index contributed by atoms with van der Waals surface area (Å²) in [6.45, 7) is 1.85. The molecule has 2 rings (SSSR count). The van der Waals surface area contributed by atoms with Gasteiger partial charge in [0.2, 0.25) is 0 Å². The number of ether oxygens (including phenoxy) is 2. The van der Waals surface area contributed by atoms with Crippen LogP contribution in [0.3, 0.4) is 0 Å². The van der Waals surface area contributed by atoms with Crippen LogP contribution in [-0.2, 0) is 11.3 Å². The Bertz CT molecular complexity index is 715. The second-order valence-electron chi connectivity index (χ2n) is 5.13. The predicted molar refractivity (Wildman–Crippen MR) is 88.3 cm³/mol. The summed E-state index contributed by atoms with van der Waals surface area (Å²) >= 11 is 0. The third-order valence-corrected chi connectivity index (χ3v) is 3.39. The van der Waals surface area contributed by atoms with Crippen molar-refractivity contribution in [2.24, 2.45) is 0 Å². The maximum absolute atomic E-state index is 12.1. The maximum atomic E-state index is 12.1. The van der Waals surface area contributed by atoms with Gasteiger partial charge < -0.3 is 19.9 Å². The van der Waals surface area contributed by atoms with Gasteiger partial charge >= 0.3 is 5.97 Å². The predicted octanol–water partition coefficient (Wildman–Crippen LogP) is 2.48. The van der Waals surface area contributed by atoms with Crippen LogP contribution < -0.4 is 14.8 Å². The van der Waals surface area contributed by atoms with Crippen LogP contribution in [0, 0.1) is 0 Å². The number of aromatic carboxylic acids is 1. The highest BCUT2D eigenvalue weighted by Crippen LogP contribution is 2.20. The number of hydrogen-bond acceptors (Lipinski definition) is 4. The van der Waals surface area contributed by atoms with E-state index in [1.165, 1.54) is 13.2 Å². The van der Waals surface area contributed by atoms with Crippen LogP contribution >= 0.6 is 0 Å². The van der Waals surface area contributed by atoms with E-state index in [1.807, 2.05) is 18.2 Å². The molecule has 24 heavy (non-hydrogen) atoms. The molecule has 2 aromatic carbocycles. The van der Waals surface area contributed by atoms with Crippen molar-refractivity contribution >= 4 is 11.9 Å². The lowest BCUT2D eigenvalue weighted by atomic mass is 10.1. The summed E-state index contributed by atoms with van der Waals surface area (Å²) in [5.74, 6) is -0.483. The van der Waals surface area contributed by atoms with Crippen molar-refractivity contribution in [3.63, 3.8) is 0 Å². The molecule has 0 spiro atoms. The van der Waals surface area contributed by atoms with Gasteiger partial charge in [0, 0.05) is 6.54 Å². The molecule has 1 unspecified atom stereocenters. The first kappa shape index (κ1) is 17.3. The van der Waals surface area contributed by atoms with Crippen molar-refractivity contribution in [3.8, 4) is 11.5 Å². The summed E-state index contributed by atoms with van der Waals surface area (Å²) in [4.78, 5) is 23.3. The van der Waals surface area contributed by atoms with Crippen molar-refractivity contribution in [3.05, 3.63) is 59.7 Å². The summed E-state index contributed by atoms with van der Waals surface area (Å²) in [5.41, 5.74) is 0.714. The number of carboxylic acid groups (broad SMARTS) is 1. The Morgan fingerprint density at radius 1 is 1.17 bits per heavy atom. The molecule has 0 aliphatic carbocycles. The van der Waals surface area contributed by atoms with Crippen LogP contribution in [0.25, 0.3) is 0 Å². The van der Waals surface area contributed by atoms with Gasteiger partial charge in [-0.25, -0.2) is 4.79 Å². The molecule has 0 aliphatic rings. The van der Waals surface area contributed by atoms with Gasteiger partial charge in [0.15, 0.2) is 6.10 Å². The summed E-state index contributed by atoms with van der Waals surface area (Å²) in [5, 5.41) is 11.9. The van der Waals surface area contributed by atoms with Gasteiger partial charge in [0.25, 0.3) is 5.91 Å². The van der Waals surface area contributed by atoms with Crippen LogP contribution in [0.1, 0.15) is 22.8 Å². The fourth-order valence-electron chi connectivity index (χ4n) is 2.12. The fourth-order valence-corrected chi connectivity index (χ4v) is 2.12. The number of para-hydroxylation sites is 1. The van der Waals surface area contributed by atoms with Gasteiger partial charge in [-0.05, 0) is 36.8 Å². The lowest BCUT2D eigenvalue weighted by Crippen LogP contribution is -2.35. The first-order valence-corrected chi connectivity index (χ1v) is 7.41. The van der Waals surface area contributed by atoms with Gasteiger partial charge in [-0.1, -0.05) is 24.3 Å². The highest BCUT2D eigenvalue weighted by molar-refractivity contribution is 5.91. The number of rotatable bonds is 7. The zero-order valence-corrected chi connectivity index (χ0v) is 13.5. The summed E-state index contributed by atoms with van der Waals surface area (Å²) < 4.78 is 10.5. The van der Waals surface area contributed by atoms with Gasteiger partial charge in [-0.3, -0.25) is 4.79 Å². The van der Waals surface area contributed by atoms with E-state index < -0.39 is 12.1 Å². The third-order valence-electron chi connectivity index (χ3n) is 3.39. The van der Waals surface area contributed by atoms with E-state index in [0.717, 1.165) is 0 Å². The summed E-state index contributed by atoms with van der Waals surface area (Å²) in [7, 11) is 1.41. The molecule has 126 valence electrons. The largest absolute Gasteiger partial charge is 0.496 e. The molecule has 1 amide bonds. The molecule has 0 bridgehead atoms. The molecule has 0 aromatic heterocycles. The summed E-state index contributed by atoms with van der Waals surface area (Å²) in [6, 6.07) is 13.8. The first-order valence-electron chi connectivity index (χ1n) is 7.41. The molecule has 6 nitrogen and oxygen atoms in total. The molecule has 6 heteroatoms. The lowest BCUT2D eigenvalue weighted by Gasteiger charge is -2.15. The molecular weight excluding hydrogens is 310 g/mol. The second kappa shape index (κ2) is 8.01. The third kappa shape index (κ3) is 4.49. The number of amides is 1. The molecule has 0 saturated carbocycles. The average molecular weight is 329 g/mol. The Morgan fingerprint density at radius 2 is 1.88 bits per heavy atom. The zero-order valence-electron chi connectivity index (χ0n) is 13.5. The number of benzene rings is 2. The van der Waals surface area contributed by atoms with E-state index in [-0.39, 0.29) is 23.8 Å². The van der Waals surface area contributed by atoms with E-state index in [0.29, 0.717) is 11.3 Å². The van der Waals surface area contributed by atoms with Crippen molar-refractivity contribution in [1.82, 2.24) is 5.32 Å². The second-order valence-corrected chi connectivity index (χ2v) is 5.13.